The van der Waals surface area contributed by atoms with Crippen LogP contribution in [0.5, 0.6) is 5.75 Å². The van der Waals surface area contributed by atoms with Gasteiger partial charge in [0.2, 0.25) is 0 Å². The summed E-state index contributed by atoms with van der Waals surface area (Å²) in [6.07, 6.45) is 0.0696. The predicted octanol–water partition coefficient (Wildman–Crippen LogP) is 1.82. The second kappa shape index (κ2) is 4.12. The second-order valence-electron chi connectivity index (χ2n) is 3.34. The highest BCUT2D eigenvalue weighted by Gasteiger charge is 2.22. The van der Waals surface area contributed by atoms with Crippen molar-refractivity contribution in [3.63, 3.8) is 0 Å². The molecule has 14 heavy (non-hydrogen) atoms. The first-order valence-corrected chi connectivity index (χ1v) is 4.34. The van der Waals surface area contributed by atoms with Crippen molar-refractivity contribution in [2.75, 3.05) is 7.11 Å². The minimum atomic E-state index is -1.11. The lowest BCUT2D eigenvalue weighted by Crippen LogP contribution is -2.20. The maximum atomic E-state index is 9.93. The van der Waals surface area contributed by atoms with Crippen LogP contribution in [0, 0.1) is 11.3 Å². The first kappa shape index (κ1) is 10.6. The Morgan fingerprint density at radius 2 is 2.29 bits per heavy atom. The molecular formula is C11H13NO2. The molecular weight excluding hydrogens is 178 g/mol. The van der Waals surface area contributed by atoms with Crippen molar-refractivity contribution < 1.29 is 9.84 Å². The normalized spacial score (nSPS) is 14.1. The van der Waals surface area contributed by atoms with Gasteiger partial charge in [0, 0.05) is 0 Å². The van der Waals surface area contributed by atoms with Gasteiger partial charge in [-0.2, -0.15) is 5.26 Å². The largest absolute Gasteiger partial charge is 0.497 e. The molecule has 0 aliphatic rings. The van der Waals surface area contributed by atoms with Crippen LogP contribution < -0.4 is 4.74 Å². The van der Waals surface area contributed by atoms with Crippen LogP contribution in [0.2, 0.25) is 0 Å². The van der Waals surface area contributed by atoms with Crippen LogP contribution in [0.15, 0.2) is 24.3 Å². The van der Waals surface area contributed by atoms with Gasteiger partial charge in [-0.3, -0.25) is 0 Å². The molecule has 3 nitrogen and oxygen atoms in total. The molecule has 0 aliphatic heterocycles. The van der Waals surface area contributed by atoms with E-state index in [1.54, 1.807) is 38.3 Å². The highest BCUT2D eigenvalue weighted by molar-refractivity contribution is 5.32. The summed E-state index contributed by atoms with van der Waals surface area (Å²) < 4.78 is 5.03. The van der Waals surface area contributed by atoms with Crippen molar-refractivity contribution in [3.05, 3.63) is 29.8 Å². The zero-order valence-corrected chi connectivity index (χ0v) is 8.32. The van der Waals surface area contributed by atoms with Gasteiger partial charge >= 0.3 is 0 Å². The fourth-order valence-corrected chi connectivity index (χ4v) is 1.21. The summed E-state index contributed by atoms with van der Waals surface area (Å²) in [5, 5.41) is 18.5. The van der Waals surface area contributed by atoms with Gasteiger partial charge in [0.05, 0.1) is 25.2 Å². The monoisotopic (exact) mass is 191 g/mol. The highest BCUT2D eigenvalue weighted by atomic mass is 16.5. The Labute approximate surface area is 83.6 Å². The van der Waals surface area contributed by atoms with Crippen molar-refractivity contribution in [2.45, 2.75) is 18.9 Å². The molecule has 0 saturated carbocycles. The fraction of sp³-hybridized carbons (Fsp3) is 0.364. The Morgan fingerprint density at radius 1 is 1.57 bits per heavy atom. The average Bonchev–Trinajstić information content (AvgIpc) is 2.18. The Balaban J connectivity index is 3.01. The minimum absolute atomic E-state index is 0.0696. The van der Waals surface area contributed by atoms with Crippen LogP contribution in [0.1, 0.15) is 18.9 Å². The van der Waals surface area contributed by atoms with Crippen LogP contribution in [0.3, 0.4) is 0 Å². The Hall–Kier alpha value is -1.53. The summed E-state index contributed by atoms with van der Waals surface area (Å²) in [6.45, 7) is 1.62. The smallest absolute Gasteiger partial charge is 0.119 e. The molecule has 1 unspecified atom stereocenters. The van der Waals surface area contributed by atoms with E-state index in [2.05, 4.69) is 0 Å². The van der Waals surface area contributed by atoms with Crippen LogP contribution in [-0.4, -0.2) is 12.2 Å². The first-order chi connectivity index (χ1) is 6.60. The van der Waals surface area contributed by atoms with E-state index in [1.807, 2.05) is 6.07 Å². The highest BCUT2D eigenvalue weighted by Crippen LogP contribution is 2.26. The number of rotatable bonds is 3. The van der Waals surface area contributed by atoms with Gasteiger partial charge < -0.3 is 9.84 Å². The van der Waals surface area contributed by atoms with E-state index < -0.39 is 5.60 Å². The van der Waals surface area contributed by atoms with E-state index in [0.717, 1.165) is 0 Å². The van der Waals surface area contributed by atoms with Gasteiger partial charge in [-0.1, -0.05) is 12.1 Å². The van der Waals surface area contributed by atoms with E-state index in [-0.39, 0.29) is 6.42 Å². The topological polar surface area (TPSA) is 53.2 Å². The summed E-state index contributed by atoms with van der Waals surface area (Å²) in [5.74, 6) is 0.681. The van der Waals surface area contributed by atoms with Crippen molar-refractivity contribution in [3.8, 4) is 11.8 Å². The van der Waals surface area contributed by atoms with Crippen LogP contribution in [-0.2, 0) is 5.60 Å². The minimum Gasteiger partial charge on any atom is -0.497 e. The Bertz CT molecular complexity index is 353. The van der Waals surface area contributed by atoms with E-state index in [1.165, 1.54) is 0 Å². The number of hydrogen-bond acceptors (Lipinski definition) is 3. The average molecular weight is 191 g/mol. The van der Waals surface area contributed by atoms with Crippen molar-refractivity contribution >= 4 is 0 Å². The number of nitrogens with zero attached hydrogens (tertiary/aromatic N) is 1. The lowest BCUT2D eigenvalue weighted by Gasteiger charge is -2.20. The third kappa shape index (κ3) is 2.24. The van der Waals surface area contributed by atoms with Crippen molar-refractivity contribution in [2.24, 2.45) is 0 Å². The molecule has 0 spiro atoms. The van der Waals surface area contributed by atoms with Gasteiger partial charge in [-0.15, -0.1) is 0 Å². The molecule has 1 atom stereocenters. The molecule has 0 aliphatic carbocycles. The Morgan fingerprint density at radius 3 is 2.86 bits per heavy atom. The summed E-state index contributed by atoms with van der Waals surface area (Å²) in [5.41, 5.74) is -0.415. The fourth-order valence-electron chi connectivity index (χ4n) is 1.21. The van der Waals surface area contributed by atoms with Crippen LogP contribution in [0.25, 0.3) is 0 Å². The number of benzene rings is 1. The number of aliphatic hydroxyl groups is 1. The number of methoxy groups -OCH3 is 1. The van der Waals surface area contributed by atoms with E-state index in [9.17, 15) is 5.11 Å². The van der Waals surface area contributed by atoms with Gasteiger partial charge in [0.1, 0.15) is 5.75 Å². The van der Waals surface area contributed by atoms with Gasteiger partial charge in [0.15, 0.2) is 0 Å². The second-order valence-corrected chi connectivity index (χ2v) is 3.34. The van der Waals surface area contributed by atoms with Gasteiger partial charge in [-0.05, 0) is 24.6 Å². The number of ether oxygens (including phenoxy) is 1. The first-order valence-electron chi connectivity index (χ1n) is 4.34. The van der Waals surface area contributed by atoms with Gasteiger partial charge in [-0.25, -0.2) is 0 Å². The van der Waals surface area contributed by atoms with Gasteiger partial charge in [0.25, 0.3) is 0 Å². The molecule has 0 amide bonds. The molecule has 0 heterocycles. The molecule has 1 aromatic rings. The van der Waals surface area contributed by atoms with E-state index in [0.29, 0.717) is 11.3 Å². The molecule has 0 aromatic heterocycles. The molecule has 0 fully saturated rings. The summed E-state index contributed by atoms with van der Waals surface area (Å²) in [6, 6.07) is 9.05. The molecule has 1 aromatic carbocycles. The maximum Gasteiger partial charge on any atom is 0.119 e. The molecule has 0 radical (unpaired) electrons. The Kier molecular flexibility index (Phi) is 3.10. The summed E-state index contributed by atoms with van der Waals surface area (Å²) in [4.78, 5) is 0. The zero-order valence-electron chi connectivity index (χ0n) is 8.32. The van der Waals surface area contributed by atoms with E-state index >= 15 is 0 Å². The standard InChI is InChI=1S/C11H13NO2/c1-11(13,6-7-12)9-4-3-5-10(8-9)14-2/h3-5,8,13H,6H2,1-2H3. The van der Waals surface area contributed by atoms with Crippen molar-refractivity contribution in [1.29, 1.82) is 5.26 Å². The lowest BCUT2D eigenvalue weighted by molar-refractivity contribution is 0.0622. The summed E-state index contributed by atoms with van der Waals surface area (Å²) >= 11 is 0. The number of nitriles is 1. The molecule has 1 rings (SSSR count). The zero-order chi connectivity index (χ0) is 10.6. The maximum absolute atomic E-state index is 9.93. The molecule has 0 saturated heterocycles. The SMILES string of the molecule is COc1cccc(C(C)(O)CC#N)c1. The molecule has 74 valence electrons. The third-order valence-corrected chi connectivity index (χ3v) is 2.11. The molecule has 3 heteroatoms. The van der Waals surface area contributed by atoms with Crippen LogP contribution in [0.4, 0.5) is 0 Å². The third-order valence-electron chi connectivity index (χ3n) is 2.11. The lowest BCUT2D eigenvalue weighted by atomic mass is 9.93. The quantitative estimate of drug-likeness (QED) is 0.792. The summed E-state index contributed by atoms with van der Waals surface area (Å²) in [7, 11) is 1.57. The van der Waals surface area contributed by atoms with E-state index in [4.69, 9.17) is 10.00 Å². The molecule has 0 bridgehead atoms. The van der Waals surface area contributed by atoms with Crippen molar-refractivity contribution in [1.82, 2.24) is 0 Å². The molecule has 1 N–H and O–H groups in total. The predicted molar refractivity (Wildman–Crippen MR) is 52.8 cm³/mol. The van der Waals surface area contributed by atoms with Crippen LogP contribution >= 0.6 is 0 Å². The number of hydrogen-bond donors (Lipinski definition) is 1.